The highest BCUT2D eigenvalue weighted by Crippen LogP contribution is 2.22. The van der Waals surface area contributed by atoms with Crippen molar-refractivity contribution in [1.29, 1.82) is 0 Å². The molecule has 1 N–H and O–H groups in total. The molecule has 0 bridgehead atoms. The van der Waals surface area contributed by atoms with E-state index in [1.165, 1.54) is 6.07 Å². The first kappa shape index (κ1) is 13.4. The topological polar surface area (TPSA) is 46.9 Å². The summed E-state index contributed by atoms with van der Waals surface area (Å²) in [5.74, 6) is 0.412. The molecule has 1 aromatic carbocycles. The van der Waals surface area contributed by atoms with Crippen LogP contribution in [-0.4, -0.2) is 21.5 Å². The van der Waals surface area contributed by atoms with Gasteiger partial charge in [-0.2, -0.15) is 0 Å². The van der Waals surface area contributed by atoms with Gasteiger partial charge in [-0.05, 0) is 31.4 Å². The van der Waals surface area contributed by atoms with Gasteiger partial charge >= 0.3 is 0 Å². The van der Waals surface area contributed by atoms with Crippen molar-refractivity contribution in [2.24, 2.45) is 0 Å². The van der Waals surface area contributed by atoms with Gasteiger partial charge in [-0.1, -0.05) is 0 Å². The SMILES string of the molecule is Cc1cc2c(cc1F)nc(CCl)n2CC(=O)NC1CC1. The fourth-order valence-electron chi connectivity index (χ4n) is 2.22. The van der Waals surface area contributed by atoms with Gasteiger partial charge in [0.05, 0.1) is 16.9 Å². The predicted octanol–water partition coefficient (Wildman–Crippen LogP) is 2.50. The van der Waals surface area contributed by atoms with Crippen LogP contribution < -0.4 is 5.32 Å². The highest BCUT2D eigenvalue weighted by atomic mass is 35.5. The van der Waals surface area contributed by atoms with E-state index in [1.54, 1.807) is 17.6 Å². The minimum absolute atomic E-state index is 0.0554. The molecule has 1 saturated carbocycles. The average molecular weight is 296 g/mol. The number of alkyl halides is 1. The number of amides is 1. The quantitative estimate of drug-likeness (QED) is 0.881. The van der Waals surface area contributed by atoms with Crippen LogP contribution in [0.3, 0.4) is 0 Å². The van der Waals surface area contributed by atoms with Gasteiger partial charge in [0.15, 0.2) is 0 Å². The fourth-order valence-corrected chi connectivity index (χ4v) is 2.43. The summed E-state index contributed by atoms with van der Waals surface area (Å²) in [4.78, 5) is 16.2. The molecular formula is C14H15ClFN3O. The van der Waals surface area contributed by atoms with E-state index in [9.17, 15) is 9.18 Å². The minimum Gasteiger partial charge on any atom is -0.352 e. The van der Waals surface area contributed by atoms with Gasteiger partial charge in [0, 0.05) is 12.1 Å². The Kier molecular flexibility index (Phi) is 3.38. The number of imidazole rings is 1. The Balaban J connectivity index is 1.98. The van der Waals surface area contributed by atoms with Gasteiger partial charge in [-0.3, -0.25) is 4.79 Å². The smallest absolute Gasteiger partial charge is 0.240 e. The van der Waals surface area contributed by atoms with Crippen molar-refractivity contribution in [3.8, 4) is 0 Å². The number of nitrogens with zero attached hydrogens (tertiary/aromatic N) is 2. The molecule has 20 heavy (non-hydrogen) atoms. The maximum atomic E-state index is 13.6. The lowest BCUT2D eigenvalue weighted by Crippen LogP contribution is -2.29. The third kappa shape index (κ3) is 2.50. The van der Waals surface area contributed by atoms with Gasteiger partial charge in [0.2, 0.25) is 5.91 Å². The molecule has 1 aromatic heterocycles. The molecule has 0 aliphatic heterocycles. The third-order valence-electron chi connectivity index (χ3n) is 3.47. The number of benzene rings is 1. The van der Waals surface area contributed by atoms with Crippen LogP contribution in [0.15, 0.2) is 12.1 Å². The lowest BCUT2D eigenvalue weighted by Gasteiger charge is -2.08. The first-order valence-corrected chi connectivity index (χ1v) is 7.12. The van der Waals surface area contributed by atoms with Crippen molar-refractivity contribution in [2.45, 2.75) is 38.2 Å². The molecule has 1 fully saturated rings. The summed E-state index contributed by atoms with van der Waals surface area (Å²) in [5, 5.41) is 2.93. The number of aromatic nitrogens is 2. The van der Waals surface area contributed by atoms with Crippen LogP contribution in [0.1, 0.15) is 24.2 Å². The van der Waals surface area contributed by atoms with Crippen molar-refractivity contribution >= 4 is 28.5 Å². The second-order valence-corrected chi connectivity index (χ2v) is 5.45. The van der Waals surface area contributed by atoms with E-state index in [4.69, 9.17) is 11.6 Å². The van der Waals surface area contributed by atoms with E-state index in [2.05, 4.69) is 10.3 Å². The molecule has 0 radical (unpaired) electrons. The molecule has 0 spiro atoms. The molecule has 0 saturated heterocycles. The van der Waals surface area contributed by atoms with Crippen molar-refractivity contribution in [1.82, 2.24) is 14.9 Å². The molecule has 106 valence electrons. The molecule has 0 unspecified atom stereocenters. The summed E-state index contributed by atoms with van der Waals surface area (Å²) in [7, 11) is 0. The Hall–Kier alpha value is -1.62. The number of hydrogen-bond donors (Lipinski definition) is 1. The van der Waals surface area contributed by atoms with E-state index in [0.717, 1.165) is 18.4 Å². The van der Waals surface area contributed by atoms with E-state index < -0.39 is 0 Å². The molecule has 1 aliphatic rings. The van der Waals surface area contributed by atoms with E-state index >= 15 is 0 Å². The molecule has 3 rings (SSSR count). The Morgan fingerprint density at radius 1 is 1.55 bits per heavy atom. The summed E-state index contributed by atoms with van der Waals surface area (Å²) in [5.41, 5.74) is 1.80. The lowest BCUT2D eigenvalue weighted by molar-refractivity contribution is -0.121. The first-order valence-electron chi connectivity index (χ1n) is 6.59. The molecular weight excluding hydrogens is 281 g/mol. The van der Waals surface area contributed by atoms with Gasteiger partial charge in [0.1, 0.15) is 18.2 Å². The number of nitrogens with one attached hydrogen (secondary N) is 1. The third-order valence-corrected chi connectivity index (χ3v) is 3.71. The first-order chi connectivity index (χ1) is 9.58. The molecule has 0 atom stereocenters. The summed E-state index contributed by atoms with van der Waals surface area (Å²) in [6, 6.07) is 3.41. The Bertz CT molecular complexity index is 679. The number of carbonyl (C=O) groups excluding carboxylic acids is 1. The van der Waals surface area contributed by atoms with Gasteiger partial charge in [-0.25, -0.2) is 9.37 Å². The number of halogens is 2. The van der Waals surface area contributed by atoms with Crippen LogP contribution in [-0.2, 0) is 17.2 Å². The normalized spacial score (nSPS) is 14.8. The lowest BCUT2D eigenvalue weighted by atomic mass is 10.2. The van der Waals surface area contributed by atoms with E-state index in [-0.39, 0.29) is 24.1 Å². The van der Waals surface area contributed by atoms with Crippen LogP contribution in [0, 0.1) is 12.7 Å². The maximum Gasteiger partial charge on any atom is 0.240 e. The van der Waals surface area contributed by atoms with Crippen molar-refractivity contribution in [3.63, 3.8) is 0 Å². The van der Waals surface area contributed by atoms with E-state index in [1.807, 2.05) is 0 Å². The molecule has 1 amide bonds. The van der Waals surface area contributed by atoms with E-state index in [0.29, 0.717) is 22.9 Å². The zero-order valence-corrected chi connectivity index (χ0v) is 11.9. The number of hydrogen-bond acceptors (Lipinski definition) is 2. The average Bonchev–Trinajstić information content (AvgIpc) is 3.15. The summed E-state index contributed by atoms with van der Waals surface area (Å²) in [6.45, 7) is 1.86. The molecule has 2 aromatic rings. The number of carbonyl (C=O) groups is 1. The molecule has 1 aliphatic carbocycles. The Morgan fingerprint density at radius 2 is 2.30 bits per heavy atom. The van der Waals surface area contributed by atoms with Crippen molar-refractivity contribution in [2.75, 3.05) is 0 Å². The summed E-state index contributed by atoms with van der Waals surface area (Å²) in [6.07, 6.45) is 2.09. The standard InChI is InChI=1S/C14H15ClFN3O/c1-8-4-12-11(5-10(8)16)18-13(6-15)19(12)7-14(20)17-9-2-3-9/h4-5,9H,2-3,6-7H2,1H3,(H,17,20). The van der Waals surface area contributed by atoms with Gasteiger partial charge in [-0.15, -0.1) is 11.6 Å². The minimum atomic E-state index is -0.300. The monoisotopic (exact) mass is 295 g/mol. The second kappa shape index (κ2) is 5.05. The van der Waals surface area contributed by atoms with Gasteiger partial charge < -0.3 is 9.88 Å². The van der Waals surface area contributed by atoms with Crippen LogP contribution in [0.5, 0.6) is 0 Å². The molecule has 6 heteroatoms. The van der Waals surface area contributed by atoms with Crippen LogP contribution in [0.4, 0.5) is 4.39 Å². The number of aryl methyl sites for hydroxylation is 1. The predicted molar refractivity (Wildman–Crippen MR) is 75.1 cm³/mol. The number of fused-ring (bicyclic) bond motifs is 1. The fraction of sp³-hybridized carbons (Fsp3) is 0.429. The van der Waals surface area contributed by atoms with Crippen LogP contribution in [0.2, 0.25) is 0 Å². The zero-order valence-electron chi connectivity index (χ0n) is 11.1. The van der Waals surface area contributed by atoms with Crippen molar-refractivity contribution in [3.05, 3.63) is 29.3 Å². The Morgan fingerprint density at radius 3 is 2.95 bits per heavy atom. The number of rotatable bonds is 4. The summed E-state index contributed by atoms with van der Waals surface area (Å²) < 4.78 is 15.3. The maximum absolute atomic E-state index is 13.6. The van der Waals surface area contributed by atoms with Crippen LogP contribution >= 0.6 is 11.6 Å². The molecule has 1 heterocycles. The zero-order chi connectivity index (χ0) is 14.3. The Labute approximate surface area is 120 Å². The van der Waals surface area contributed by atoms with Crippen molar-refractivity contribution < 1.29 is 9.18 Å². The molecule has 4 nitrogen and oxygen atoms in total. The highest BCUT2D eigenvalue weighted by molar-refractivity contribution is 6.16. The highest BCUT2D eigenvalue weighted by Gasteiger charge is 2.24. The second-order valence-electron chi connectivity index (χ2n) is 5.18. The summed E-state index contributed by atoms with van der Waals surface area (Å²) >= 11 is 5.88. The van der Waals surface area contributed by atoms with Gasteiger partial charge in [0.25, 0.3) is 0 Å². The largest absolute Gasteiger partial charge is 0.352 e. The van der Waals surface area contributed by atoms with Crippen LogP contribution in [0.25, 0.3) is 11.0 Å².